The van der Waals surface area contributed by atoms with E-state index in [0.717, 1.165) is 21.7 Å². The number of rotatable bonds is 7. The molecule has 5 atom stereocenters. The first-order valence-corrected chi connectivity index (χ1v) is 9.89. The van der Waals surface area contributed by atoms with Crippen molar-refractivity contribution >= 4 is 0 Å². The lowest BCUT2D eigenvalue weighted by atomic mass is 9.99. The normalized spacial score (nSPS) is 26.0. The molecule has 1 saturated heterocycles. The van der Waals surface area contributed by atoms with Gasteiger partial charge in [0, 0.05) is 6.42 Å². The first-order valence-electron chi connectivity index (χ1n) is 9.89. The zero-order chi connectivity index (χ0) is 21.8. The van der Waals surface area contributed by atoms with Crippen LogP contribution in [-0.4, -0.2) is 71.7 Å². The predicted molar refractivity (Wildman–Crippen MR) is 107 cm³/mol. The predicted octanol–water partition coefficient (Wildman–Crippen LogP) is -0.185. The van der Waals surface area contributed by atoms with Gasteiger partial charge in [0.25, 0.3) is 0 Å². The minimum atomic E-state index is -1.51. The van der Waals surface area contributed by atoms with Crippen molar-refractivity contribution in [1.82, 2.24) is 20.2 Å². The third-order valence-electron chi connectivity index (χ3n) is 5.10. The van der Waals surface area contributed by atoms with Crippen molar-refractivity contribution in [1.29, 1.82) is 0 Å². The van der Waals surface area contributed by atoms with Crippen LogP contribution in [0, 0.1) is 0 Å². The van der Waals surface area contributed by atoms with Gasteiger partial charge in [0.1, 0.15) is 36.8 Å². The Morgan fingerprint density at radius 2 is 1.65 bits per heavy atom. The van der Waals surface area contributed by atoms with E-state index in [4.69, 9.17) is 9.47 Å². The van der Waals surface area contributed by atoms with Crippen LogP contribution in [0.1, 0.15) is 23.2 Å². The van der Waals surface area contributed by atoms with Gasteiger partial charge in [0.05, 0.1) is 6.61 Å². The van der Waals surface area contributed by atoms with Crippen molar-refractivity contribution in [3.63, 3.8) is 0 Å². The lowest BCUT2D eigenvalue weighted by Gasteiger charge is -2.38. The summed E-state index contributed by atoms with van der Waals surface area (Å²) in [5.74, 6) is 1.13. The number of aromatic nitrogens is 4. The summed E-state index contributed by atoms with van der Waals surface area (Å²) in [7, 11) is 0. The molecule has 1 fully saturated rings. The Kier molecular flexibility index (Phi) is 6.54. The highest BCUT2D eigenvalue weighted by Gasteiger charge is 2.45. The zero-order valence-electron chi connectivity index (χ0n) is 16.6. The van der Waals surface area contributed by atoms with E-state index < -0.39 is 37.3 Å². The van der Waals surface area contributed by atoms with Crippen molar-refractivity contribution in [2.24, 2.45) is 0 Å². The van der Waals surface area contributed by atoms with E-state index in [2.05, 4.69) is 15.4 Å². The summed E-state index contributed by atoms with van der Waals surface area (Å²) in [6.45, 7) is -0.0448. The number of benzene rings is 2. The van der Waals surface area contributed by atoms with Gasteiger partial charge < -0.3 is 29.9 Å². The summed E-state index contributed by atoms with van der Waals surface area (Å²) in [5, 5.41) is 51.3. The highest BCUT2D eigenvalue weighted by atomic mass is 16.6. The van der Waals surface area contributed by atoms with Crippen LogP contribution in [0.4, 0.5) is 0 Å². The average molecular weight is 428 g/mol. The van der Waals surface area contributed by atoms with Crippen molar-refractivity contribution < 1.29 is 29.9 Å². The van der Waals surface area contributed by atoms with Crippen LogP contribution in [-0.2, 0) is 17.8 Å². The lowest BCUT2D eigenvalue weighted by molar-refractivity contribution is -0.257. The van der Waals surface area contributed by atoms with E-state index in [-0.39, 0.29) is 0 Å². The molecular weight excluding hydrogens is 404 g/mol. The maximum atomic E-state index is 10.2. The quantitative estimate of drug-likeness (QED) is 0.403. The Hall–Kier alpha value is -2.89. The highest BCUT2D eigenvalue weighted by Crippen LogP contribution is 2.27. The smallest absolute Gasteiger partial charge is 0.199 e. The second-order valence-electron chi connectivity index (χ2n) is 7.34. The second-order valence-corrected chi connectivity index (χ2v) is 7.34. The summed E-state index contributed by atoms with van der Waals surface area (Å²) in [5.41, 5.74) is 2.01. The third kappa shape index (κ3) is 4.89. The Labute approximate surface area is 178 Å². The maximum Gasteiger partial charge on any atom is 0.199 e. The van der Waals surface area contributed by atoms with Gasteiger partial charge in [-0.2, -0.15) is 0 Å². The number of ether oxygens (including phenoxy) is 2. The topological polar surface area (TPSA) is 143 Å². The molecule has 0 spiro atoms. The molecular formula is C21H24N4O6. The number of aliphatic hydroxyl groups excluding tert-OH is 4. The molecule has 1 aromatic heterocycles. The van der Waals surface area contributed by atoms with Gasteiger partial charge in [-0.1, -0.05) is 42.5 Å². The number of nitrogens with zero attached hydrogens (tertiary/aromatic N) is 4. The Morgan fingerprint density at radius 1 is 0.903 bits per heavy atom. The standard InChI is InChI=1S/C21H24N4O6/c26-11-16-18(27)19(28)20(29)21(31-16)25-23-17(22-24-25)10-13-6-8-15(9-7-13)30-12-14-4-2-1-3-5-14/h1-9,16,18-21,26-29H,10-12H2. The molecule has 0 saturated carbocycles. The van der Waals surface area contributed by atoms with E-state index >= 15 is 0 Å². The summed E-state index contributed by atoms with van der Waals surface area (Å²) >= 11 is 0. The lowest BCUT2D eigenvalue weighted by Crippen LogP contribution is -2.56. The van der Waals surface area contributed by atoms with E-state index in [9.17, 15) is 20.4 Å². The Morgan fingerprint density at radius 3 is 2.35 bits per heavy atom. The van der Waals surface area contributed by atoms with Gasteiger partial charge in [-0.3, -0.25) is 0 Å². The molecule has 164 valence electrons. The van der Waals surface area contributed by atoms with Crippen molar-refractivity contribution in [2.45, 2.75) is 43.7 Å². The van der Waals surface area contributed by atoms with Gasteiger partial charge in [0.15, 0.2) is 12.1 Å². The maximum absolute atomic E-state index is 10.2. The molecule has 4 rings (SSSR count). The van der Waals surface area contributed by atoms with Gasteiger partial charge in [0.2, 0.25) is 0 Å². The van der Waals surface area contributed by atoms with E-state index in [1.807, 2.05) is 54.6 Å². The molecule has 31 heavy (non-hydrogen) atoms. The zero-order valence-corrected chi connectivity index (χ0v) is 16.6. The van der Waals surface area contributed by atoms with Crippen molar-refractivity contribution in [3.8, 4) is 5.75 Å². The molecule has 3 aromatic rings. The molecule has 1 aliphatic heterocycles. The van der Waals surface area contributed by atoms with Crippen LogP contribution in [0.5, 0.6) is 5.75 Å². The summed E-state index contributed by atoms with van der Waals surface area (Å²) < 4.78 is 11.2. The molecule has 10 nitrogen and oxygen atoms in total. The van der Waals surface area contributed by atoms with Crippen molar-refractivity contribution in [3.05, 3.63) is 71.5 Å². The summed E-state index contributed by atoms with van der Waals surface area (Å²) in [4.78, 5) is 1.04. The van der Waals surface area contributed by atoms with Gasteiger partial charge >= 0.3 is 0 Å². The third-order valence-corrected chi connectivity index (χ3v) is 5.10. The molecule has 1 aliphatic rings. The van der Waals surface area contributed by atoms with Crippen LogP contribution in [0.3, 0.4) is 0 Å². The van der Waals surface area contributed by atoms with E-state index in [1.54, 1.807) is 0 Å². The summed E-state index contributed by atoms with van der Waals surface area (Å²) in [6.07, 6.45) is -6.25. The Bertz CT molecular complexity index is 966. The fourth-order valence-corrected chi connectivity index (χ4v) is 3.33. The number of hydrogen-bond acceptors (Lipinski definition) is 9. The molecule has 5 unspecified atom stereocenters. The molecule has 2 aromatic carbocycles. The molecule has 2 heterocycles. The fourth-order valence-electron chi connectivity index (χ4n) is 3.33. The van der Waals surface area contributed by atoms with E-state index in [0.29, 0.717) is 18.9 Å². The monoisotopic (exact) mass is 428 g/mol. The van der Waals surface area contributed by atoms with Crippen LogP contribution >= 0.6 is 0 Å². The fraction of sp³-hybridized carbons (Fsp3) is 0.381. The molecule has 0 aliphatic carbocycles. The number of hydrogen-bond donors (Lipinski definition) is 4. The SMILES string of the molecule is OCC1OC(n2nnc(Cc3ccc(OCc4ccccc4)cc3)n2)C(O)C(O)C1O. The first-order chi connectivity index (χ1) is 15.0. The number of tetrazole rings is 1. The molecule has 0 radical (unpaired) electrons. The first kappa shape index (κ1) is 21.3. The van der Waals surface area contributed by atoms with Gasteiger partial charge in [-0.25, -0.2) is 0 Å². The van der Waals surface area contributed by atoms with Gasteiger partial charge in [-0.05, 0) is 28.5 Å². The minimum Gasteiger partial charge on any atom is -0.489 e. The number of aliphatic hydroxyl groups is 4. The second kappa shape index (κ2) is 9.50. The minimum absolute atomic E-state index is 0.384. The molecule has 0 bridgehead atoms. The highest BCUT2D eigenvalue weighted by molar-refractivity contribution is 5.29. The molecule has 0 amide bonds. The average Bonchev–Trinajstić information content (AvgIpc) is 3.26. The van der Waals surface area contributed by atoms with Gasteiger partial charge in [-0.15, -0.1) is 15.0 Å². The van der Waals surface area contributed by atoms with Crippen LogP contribution in [0.25, 0.3) is 0 Å². The van der Waals surface area contributed by atoms with Crippen molar-refractivity contribution in [2.75, 3.05) is 6.61 Å². The Balaban J connectivity index is 1.37. The molecule has 4 N–H and O–H groups in total. The van der Waals surface area contributed by atoms with Crippen LogP contribution in [0.15, 0.2) is 54.6 Å². The van der Waals surface area contributed by atoms with Crippen LogP contribution in [0.2, 0.25) is 0 Å². The molecule has 10 heteroatoms. The largest absolute Gasteiger partial charge is 0.489 e. The van der Waals surface area contributed by atoms with Crippen LogP contribution < -0.4 is 4.74 Å². The summed E-state index contributed by atoms with van der Waals surface area (Å²) in [6, 6.07) is 17.4. The van der Waals surface area contributed by atoms with E-state index in [1.165, 1.54) is 0 Å².